The number of hydrogen-bond acceptors (Lipinski definition) is 2. The van der Waals surface area contributed by atoms with Gasteiger partial charge in [-0.2, -0.15) is 13.2 Å². The summed E-state index contributed by atoms with van der Waals surface area (Å²) in [5.74, 6) is -2.39. The predicted molar refractivity (Wildman–Crippen MR) is 62.7 cm³/mol. The maximum absolute atomic E-state index is 12.6. The highest BCUT2D eigenvalue weighted by Crippen LogP contribution is 2.35. The van der Waals surface area contributed by atoms with Crippen LogP contribution in [0.1, 0.15) is 37.3 Å². The summed E-state index contributed by atoms with van der Waals surface area (Å²) in [4.78, 5) is 11.1. The number of alkyl halides is 3. The van der Waals surface area contributed by atoms with Gasteiger partial charge >= 0.3 is 12.1 Å². The molecular formula is C13H15F3O3. The van der Waals surface area contributed by atoms with Crippen molar-refractivity contribution < 1.29 is 28.2 Å². The van der Waals surface area contributed by atoms with Crippen LogP contribution in [0, 0.1) is 0 Å². The van der Waals surface area contributed by atoms with Gasteiger partial charge in [-0.1, -0.05) is 32.0 Å². The molecule has 1 rings (SSSR count). The summed E-state index contributed by atoms with van der Waals surface area (Å²) in [6.45, 7) is 2.87. The quantitative estimate of drug-likeness (QED) is 0.888. The molecule has 2 N–H and O–H groups in total. The topological polar surface area (TPSA) is 57.5 Å². The number of carboxylic acid groups (broad SMARTS) is 1. The Labute approximate surface area is 108 Å². The molecule has 0 heterocycles. The second-order valence-corrected chi connectivity index (χ2v) is 4.43. The van der Waals surface area contributed by atoms with E-state index in [4.69, 9.17) is 5.11 Å². The number of carbonyl (C=O) groups is 1. The van der Waals surface area contributed by atoms with Crippen molar-refractivity contribution in [3.05, 3.63) is 35.4 Å². The lowest BCUT2D eigenvalue weighted by atomic mass is 9.81. The van der Waals surface area contributed by atoms with Gasteiger partial charge in [-0.3, -0.25) is 0 Å². The summed E-state index contributed by atoms with van der Waals surface area (Å²) < 4.78 is 37.8. The van der Waals surface area contributed by atoms with E-state index in [2.05, 4.69) is 0 Å². The Kier molecular flexibility index (Phi) is 4.25. The van der Waals surface area contributed by atoms with Crippen LogP contribution in [0.15, 0.2) is 24.3 Å². The number of halogens is 3. The second-order valence-electron chi connectivity index (χ2n) is 4.43. The van der Waals surface area contributed by atoms with Gasteiger partial charge in [-0.05, 0) is 18.1 Å². The van der Waals surface area contributed by atoms with Crippen molar-refractivity contribution in [2.75, 3.05) is 0 Å². The average Bonchev–Trinajstić information content (AvgIpc) is 2.35. The second kappa shape index (κ2) is 5.21. The molecule has 2 atom stereocenters. The van der Waals surface area contributed by atoms with E-state index in [-0.39, 0.29) is 12.0 Å². The third kappa shape index (κ3) is 3.07. The lowest BCUT2D eigenvalue weighted by molar-refractivity contribution is -0.161. The van der Waals surface area contributed by atoms with Crippen LogP contribution in [-0.4, -0.2) is 21.8 Å². The molecule has 1 aromatic carbocycles. The van der Waals surface area contributed by atoms with Crippen LogP contribution in [0.2, 0.25) is 0 Å². The maximum Gasteiger partial charge on any atom is 0.416 e. The minimum atomic E-state index is -4.50. The SMILES string of the molecule is CCC(O)(C(=O)O)C(C)c1cccc(C(F)(F)F)c1. The molecule has 0 amide bonds. The molecule has 3 nitrogen and oxygen atoms in total. The van der Waals surface area contributed by atoms with Gasteiger partial charge in [0.05, 0.1) is 5.56 Å². The van der Waals surface area contributed by atoms with E-state index in [9.17, 15) is 23.1 Å². The van der Waals surface area contributed by atoms with E-state index < -0.39 is 29.2 Å². The van der Waals surface area contributed by atoms with Gasteiger partial charge in [-0.15, -0.1) is 0 Å². The molecule has 0 aliphatic rings. The Morgan fingerprint density at radius 2 is 1.95 bits per heavy atom. The molecule has 6 heteroatoms. The Hall–Kier alpha value is -1.56. The van der Waals surface area contributed by atoms with Crippen molar-refractivity contribution in [2.45, 2.75) is 38.0 Å². The van der Waals surface area contributed by atoms with Gasteiger partial charge in [-0.25, -0.2) is 4.79 Å². The molecule has 0 fully saturated rings. The van der Waals surface area contributed by atoms with Crippen molar-refractivity contribution in [1.29, 1.82) is 0 Å². The van der Waals surface area contributed by atoms with Gasteiger partial charge in [0.25, 0.3) is 0 Å². The van der Waals surface area contributed by atoms with Crippen molar-refractivity contribution in [3.63, 3.8) is 0 Å². The zero-order chi connectivity index (χ0) is 14.8. The highest BCUT2D eigenvalue weighted by atomic mass is 19.4. The van der Waals surface area contributed by atoms with Crippen LogP contribution >= 0.6 is 0 Å². The molecule has 0 aliphatic carbocycles. The molecule has 0 bridgehead atoms. The zero-order valence-electron chi connectivity index (χ0n) is 10.5. The number of hydrogen-bond donors (Lipinski definition) is 2. The molecule has 0 radical (unpaired) electrons. The third-order valence-corrected chi connectivity index (χ3v) is 3.34. The Morgan fingerprint density at radius 1 is 1.37 bits per heavy atom. The molecule has 0 aliphatic heterocycles. The molecule has 19 heavy (non-hydrogen) atoms. The van der Waals surface area contributed by atoms with Gasteiger partial charge < -0.3 is 10.2 Å². The first kappa shape index (κ1) is 15.5. The van der Waals surface area contributed by atoms with Crippen LogP contribution in [0.4, 0.5) is 13.2 Å². The van der Waals surface area contributed by atoms with Gasteiger partial charge in [0.2, 0.25) is 0 Å². The summed E-state index contributed by atoms with van der Waals surface area (Å²) in [6, 6.07) is 4.35. The average molecular weight is 276 g/mol. The fourth-order valence-corrected chi connectivity index (χ4v) is 1.90. The number of benzene rings is 1. The fourth-order valence-electron chi connectivity index (χ4n) is 1.90. The molecule has 1 aromatic rings. The maximum atomic E-state index is 12.6. The monoisotopic (exact) mass is 276 g/mol. The standard InChI is InChI=1S/C13H15F3O3/c1-3-12(19,11(17)18)8(2)9-5-4-6-10(7-9)13(14,15)16/h4-8,19H,3H2,1-2H3,(H,17,18). The van der Waals surface area contributed by atoms with Gasteiger partial charge in [0.1, 0.15) is 0 Å². The Bertz CT molecular complexity index is 470. The number of carboxylic acids is 1. The van der Waals surface area contributed by atoms with Crippen molar-refractivity contribution in [3.8, 4) is 0 Å². The molecule has 2 unspecified atom stereocenters. The van der Waals surface area contributed by atoms with E-state index >= 15 is 0 Å². The van der Waals surface area contributed by atoms with Crippen molar-refractivity contribution in [1.82, 2.24) is 0 Å². The predicted octanol–water partition coefficient (Wildman–Crippen LogP) is 3.03. The largest absolute Gasteiger partial charge is 0.479 e. The van der Waals surface area contributed by atoms with Crippen LogP contribution in [0.3, 0.4) is 0 Å². The first-order valence-electron chi connectivity index (χ1n) is 5.76. The lowest BCUT2D eigenvalue weighted by Gasteiger charge is -2.29. The highest BCUT2D eigenvalue weighted by molar-refractivity contribution is 5.78. The van der Waals surface area contributed by atoms with Gasteiger partial charge in [0.15, 0.2) is 5.60 Å². The van der Waals surface area contributed by atoms with E-state index in [1.165, 1.54) is 26.0 Å². The molecule has 0 saturated carbocycles. The Balaban J connectivity index is 3.20. The van der Waals surface area contributed by atoms with Crippen molar-refractivity contribution >= 4 is 5.97 Å². The minimum absolute atomic E-state index is 0.0975. The lowest BCUT2D eigenvalue weighted by Crippen LogP contribution is -2.42. The highest BCUT2D eigenvalue weighted by Gasteiger charge is 2.41. The van der Waals surface area contributed by atoms with Crippen molar-refractivity contribution in [2.24, 2.45) is 0 Å². The van der Waals surface area contributed by atoms with E-state index in [0.717, 1.165) is 12.1 Å². The molecular weight excluding hydrogens is 261 g/mol. The third-order valence-electron chi connectivity index (χ3n) is 3.34. The summed E-state index contributed by atoms with van der Waals surface area (Å²) in [6.07, 6.45) is -4.59. The van der Waals surface area contributed by atoms with Crippen LogP contribution in [-0.2, 0) is 11.0 Å². The van der Waals surface area contributed by atoms with E-state index in [1.807, 2.05) is 0 Å². The van der Waals surface area contributed by atoms with Crippen LogP contribution in [0.25, 0.3) is 0 Å². The summed E-state index contributed by atoms with van der Waals surface area (Å²) in [7, 11) is 0. The number of aliphatic carboxylic acids is 1. The summed E-state index contributed by atoms with van der Waals surface area (Å²) >= 11 is 0. The molecule has 0 saturated heterocycles. The van der Waals surface area contributed by atoms with E-state index in [1.54, 1.807) is 0 Å². The summed E-state index contributed by atoms with van der Waals surface area (Å²) in [5.41, 5.74) is -2.80. The zero-order valence-corrected chi connectivity index (χ0v) is 10.5. The Morgan fingerprint density at radius 3 is 2.37 bits per heavy atom. The van der Waals surface area contributed by atoms with Gasteiger partial charge in [0, 0.05) is 5.92 Å². The molecule has 0 aromatic heterocycles. The smallest absolute Gasteiger partial charge is 0.416 e. The van der Waals surface area contributed by atoms with E-state index in [0.29, 0.717) is 0 Å². The number of aliphatic hydroxyl groups is 1. The molecule has 106 valence electrons. The fraction of sp³-hybridized carbons (Fsp3) is 0.462. The number of rotatable bonds is 4. The normalized spacial score (nSPS) is 16.7. The van der Waals surface area contributed by atoms with Crippen LogP contribution < -0.4 is 0 Å². The first-order valence-corrected chi connectivity index (χ1v) is 5.76. The minimum Gasteiger partial charge on any atom is -0.479 e. The first-order chi connectivity index (χ1) is 8.63. The molecule has 0 spiro atoms. The summed E-state index contributed by atoms with van der Waals surface area (Å²) in [5, 5.41) is 19.1. The van der Waals surface area contributed by atoms with Crippen LogP contribution in [0.5, 0.6) is 0 Å².